The van der Waals surface area contributed by atoms with Crippen molar-refractivity contribution < 1.29 is 0 Å². The van der Waals surface area contributed by atoms with E-state index in [0.29, 0.717) is 0 Å². The fourth-order valence-corrected chi connectivity index (χ4v) is 2.61. The van der Waals surface area contributed by atoms with Crippen LogP contribution >= 0.6 is 0 Å². The first kappa shape index (κ1) is 12.1. The van der Waals surface area contributed by atoms with Crippen molar-refractivity contribution in [1.29, 1.82) is 0 Å². The number of hydrogen-bond acceptors (Lipinski definition) is 0. The highest BCUT2D eigenvalue weighted by Gasteiger charge is 2.07. The Balaban J connectivity index is 0.000000146. The van der Waals surface area contributed by atoms with E-state index in [0.717, 1.165) is 11.8 Å². The molecule has 14 heavy (non-hydrogen) atoms. The lowest BCUT2D eigenvalue weighted by atomic mass is 10.0. The van der Waals surface area contributed by atoms with Gasteiger partial charge in [0.2, 0.25) is 0 Å². The zero-order chi connectivity index (χ0) is 10.2. The fraction of sp³-hybridized carbons (Fsp3) is 1.00. The lowest BCUT2D eigenvalue weighted by Gasteiger charge is -2.02. The summed E-state index contributed by atoms with van der Waals surface area (Å²) in [6, 6.07) is 0. The molecule has 0 saturated heterocycles. The van der Waals surface area contributed by atoms with Crippen LogP contribution in [0.15, 0.2) is 0 Å². The van der Waals surface area contributed by atoms with Crippen molar-refractivity contribution in [3.8, 4) is 0 Å². The van der Waals surface area contributed by atoms with Gasteiger partial charge in [0.15, 0.2) is 0 Å². The van der Waals surface area contributed by atoms with E-state index in [9.17, 15) is 0 Å². The summed E-state index contributed by atoms with van der Waals surface area (Å²) < 4.78 is 0. The third-order valence-electron chi connectivity index (χ3n) is 3.79. The average Bonchev–Trinajstić information content (AvgIpc) is 2.51. The van der Waals surface area contributed by atoms with Crippen molar-refractivity contribution in [2.75, 3.05) is 0 Å². The van der Waals surface area contributed by atoms with Gasteiger partial charge in [-0.3, -0.25) is 0 Å². The maximum absolute atomic E-state index is 2.38. The monoisotopic (exact) mass is 196 g/mol. The zero-order valence-corrected chi connectivity index (χ0v) is 10.2. The lowest BCUT2D eigenvalue weighted by Crippen LogP contribution is -1.88. The van der Waals surface area contributed by atoms with Gasteiger partial charge < -0.3 is 0 Å². The van der Waals surface area contributed by atoms with Gasteiger partial charge >= 0.3 is 0 Å². The largest absolute Gasteiger partial charge is 0.0625 e. The highest BCUT2D eigenvalue weighted by Crippen LogP contribution is 2.23. The van der Waals surface area contributed by atoms with E-state index in [4.69, 9.17) is 0 Å². The number of hydrogen-bond donors (Lipinski definition) is 0. The molecule has 0 aromatic carbocycles. The summed E-state index contributed by atoms with van der Waals surface area (Å²) >= 11 is 0. The van der Waals surface area contributed by atoms with Crippen molar-refractivity contribution in [2.45, 2.75) is 78.1 Å². The summed E-state index contributed by atoms with van der Waals surface area (Å²) in [7, 11) is 0. The minimum atomic E-state index is 1.03. The first-order valence-corrected chi connectivity index (χ1v) is 6.79. The second-order valence-electron chi connectivity index (χ2n) is 5.49. The van der Waals surface area contributed by atoms with Crippen LogP contribution in [0, 0.1) is 11.8 Å². The van der Waals surface area contributed by atoms with Crippen molar-refractivity contribution >= 4 is 0 Å². The van der Waals surface area contributed by atoms with Crippen LogP contribution in [0.1, 0.15) is 78.1 Å². The molecular formula is C14H28. The van der Waals surface area contributed by atoms with Crippen LogP contribution in [0.2, 0.25) is 0 Å². The molecule has 0 radical (unpaired) electrons. The van der Waals surface area contributed by atoms with Crippen molar-refractivity contribution in [3.63, 3.8) is 0 Å². The molecule has 0 aromatic heterocycles. The van der Waals surface area contributed by atoms with E-state index in [1.807, 2.05) is 0 Å². The number of rotatable bonds is 0. The fourth-order valence-electron chi connectivity index (χ4n) is 2.61. The molecule has 0 aromatic rings. The molecule has 84 valence electrons. The van der Waals surface area contributed by atoms with Gasteiger partial charge in [-0.05, 0) is 11.8 Å². The third kappa shape index (κ3) is 5.67. The Morgan fingerprint density at radius 1 is 0.500 bits per heavy atom. The Kier molecular flexibility index (Phi) is 6.31. The normalized spacial score (nSPS) is 25.3. The molecule has 0 nitrogen and oxygen atoms in total. The van der Waals surface area contributed by atoms with E-state index in [2.05, 4.69) is 13.8 Å². The minimum Gasteiger partial charge on any atom is -0.0625 e. The van der Waals surface area contributed by atoms with E-state index in [1.165, 1.54) is 64.2 Å². The van der Waals surface area contributed by atoms with Gasteiger partial charge in [0.25, 0.3) is 0 Å². The average molecular weight is 196 g/mol. The third-order valence-corrected chi connectivity index (χ3v) is 3.79. The molecule has 0 aliphatic heterocycles. The second-order valence-corrected chi connectivity index (χ2v) is 5.49. The highest BCUT2D eigenvalue weighted by molar-refractivity contribution is 4.60. The molecule has 0 unspecified atom stereocenters. The molecule has 0 atom stereocenters. The minimum absolute atomic E-state index is 1.03. The van der Waals surface area contributed by atoms with Gasteiger partial charge in [0.1, 0.15) is 0 Å². The summed E-state index contributed by atoms with van der Waals surface area (Å²) in [4.78, 5) is 0. The van der Waals surface area contributed by atoms with Crippen LogP contribution < -0.4 is 0 Å². The molecule has 2 saturated carbocycles. The topological polar surface area (TPSA) is 0 Å². The molecule has 0 N–H and O–H groups in total. The smallest absolute Gasteiger partial charge is 0.0443 e. The van der Waals surface area contributed by atoms with Crippen LogP contribution in [-0.2, 0) is 0 Å². The Labute approximate surface area is 90.5 Å². The predicted octanol–water partition coefficient (Wildman–Crippen LogP) is 5.17. The highest BCUT2D eigenvalue weighted by atomic mass is 14.1. The summed E-state index contributed by atoms with van der Waals surface area (Å²) in [5.41, 5.74) is 0. The quantitative estimate of drug-likeness (QED) is 0.469. The van der Waals surface area contributed by atoms with Gasteiger partial charge in [-0.25, -0.2) is 0 Å². The Hall–Kier alpha value is 0. The lowest BCUT2D eigenvalue weighted by molar-refractivity contribution is 0.505. The summed E-state index contributed by atoms with van der Waals surface area (Å²) in [5, 5.41) is 0. The molecule has 2 fully saturated rings. The predicted molar refractivity (Wildman–Crippen MR) is 64.5 cm³/mol. The molecular weight excluding hydrogens is 168 g/mol. The van der Waals surface area contributed by atoms with Crippen molar-refractivity contribution in [3.05, 3.63) is 0 Å². The molecule has 2 aliphatic carbocycles. The van der Waals surface area contributed by atoms with Gasteiger partial charge in [-0.1, -0.05) is 78.1 Å². The molecule has 0 amide bonds. The van der Waals surface area contributed by atoms with E-state index in [1.54, 1.807) is 0 Å². The first-order valence-electron chi connectivity index (χ1n) is 6.79. The van der Waals surface area contributed by atoms with Crippen LogP contribution in [0.3, 0.4) is 0 Å². The van der Waals surface area contributed by atoms with Gasteiger partial charge in [0, 0.05) is 0 Å². The molecule has 2 rings (SSSR count). The van der Waals surface area contributed by atoms with Crippen LogP contribution in [0.5, 0.6) is 0 Å². The molecule has 0 heteroatoms. The summed E-state index contributed by atoms with van der Waals surface area (Å²) in [5.74, 6) is 2.07. The summed E-state index contributed by atoms with van der Waals surface area (Å²) in [6.45, 7) is 4.72. The van der Waals surface area contributed by atoms with Gasteiger partial charge in [0.05, 0.1) is 0 Å². The van der Waals surface area contributed by atoms with Crippen LogP contribution in [-0.4, -0.2) is 0 Å². The van der Waals surface area contributed by atoms with Crippen molar-refractivity contribution in [2.24, 2.45) is 11.8 Å². The van der Waals surface area contributed by atoms with Crippen LogP contribution in [0.25, 0.3) is 0 Å². The van der Waals surface area contributed by atoms with Crippen LogP contribution in [0.4, 0.5) is 0 Å². The Morgan fingerprint density at radius 3 is 1.07 bits per heavy atom. The van der Waals surface area contributed by atoms with Crippen molar-refractivity contribution in [1.82, 2.24) is 0 Å². The maximum Gasteiger partial charge on any atom is -0.0443 e. The molecule has 0 bridgehead atoms. The van der Waals surface area contributed by atoms with Gasteiger partial charge in [-0.2, -0.15) is 0 Å². The summed E-state index contributed by atoms with van der Waals surface area (Å²) in [6.07, 6.45) is 14.9. The van der Waals surface area contributed by atoms with E-state index >= 15 is 0 Å². The second kappa shape index (κ2) is 7.31. The molecule has 0 spiro atoms. The maximum atomic E-state index is 2.38. The standard InChI is InChI=1S/C8H16.C6H12/c1-8-6-4-2-3-5-7-8;1-6-4-2-3-5-6/h8H,2-7H2,1H3;6H,2-5H2,1H3. The Bertz CT molecular complexity index is 114. The van der Waals surface area contributed by atoms with E-state index in [-0.39, 0.29) is 0 Å². The van der Waals surface area contributed by atoms with Gasteiger partial charge in [-0.15, -0.1) is 0 Å². The molecule has 0 heterocycles. The zero-order valence-electron chi connectivity index (χ0n) is 10.2. The first-order chi connectivity index (χ1) is 6.79. The SMILES string of the molecule is CC1CCCC1.CC1CCCCCC1. The Morgan fingerprint density at radius 2 is 0.786 bits per heavy atom. The molecule has 2 aliphatic rings. The van der Waals surface area contributed by atoms with E-state index < -0.39 is 0 Å².